The van der Waals surface area contributed by atoms with E-state index in [-0.39, 0.29) is 10.4 Å². The number of aromatic nitrogens is 1. The van der Waals surface area contributed by atoms with Gasteiger partial charge in [-0.2, -0.15) is 5.10 Å². The highest BCUT2D eigenvalue weighted by atomic mass is 79.9. The van der Waals surface area contributed by atoms with Crippen molar-refractivity contribution < 1.29 is 4.79 Å². The van der Waals surface area contributed by atoms with E-state index in [9.17, 15) is 4.79 Å². The Bertz CT molecular complexity index is 781. The number of anilines is 1. The molecule has 6 heteroatoms. The molecule has 1 heterocycles. The zero-order valence-corrected chi connectivity index (χ0v) is 13.2. The summed E-state index contributed by atoms with van der Waals surface area (Å²) in [6, 6.07) is 17.1. The number of halogens is 1. The number of Topliss-reactive ketones (excluding diaryl/α,β-unsaturated/α-hetero) is 1. The average molecular weight is 360 g/mol. The molecule has 0 saturated heterocycles. The van der Waals surface area contributed by atoms with Gasteiger partial charge in [-0.25, -0.2) is 4.98 Å². The maximum absolute atomic E-state index is 12.3. The van der Waals surface area contributed by atoms with Crippen molar-refractivity contribution in [2.45, 2.75) is 0 Å². The molecule has 0 aliphatic rings. The average Bonchev–Trinajstić information content (AvgIpc) is 2.97. The van der Waals surface area contributed by atoms with Crippen LogP contribution in [-0.4, -0.2) is 15.4 Å². The lowest BCUT2D eigenvalue weighted by Gasteiger charge is -1.99. The third kappa shape index (κ3) is 3.17. The molecule has 0 amide bonds. The van der Waals surface area contributed by atoms with Gasteiger partial charge in [0.25, 0.3) is 0 Å². The standard InChI is InChI=1S/C15H10BrN3OS/c16-14(19-18-10-6-2-1-3-7-10)13(20)15-17-11-8-4-5-9-12(11)21-15/h1-9,18H/b19-14-. The van der Waals surface area contributed by atoms with Gasteiger partial charge in [-0.15, -0.1) is 11.3 Å². The van der Waals surface area contributed by atoms with Crippen LogP contribution < -0.4 is 5.43 Å². The van der Waals surface area contributed by atoms with Gasteiger partial charge >= 0.3 is 0 Å². The van der Waals surface area contributed by atoms with E-state index in [0.29, 0.717) is 5.01 Å². The lowest BCUT2D eigenvalue weighted by atomic mass is 10.3. The van der Waals surface area contributed by atoms with Crippen molar-refractivity contribution in [1.29, 1.82) is 0 Å². The number of nitrogens with zero attached hydrogens (tertiary/aromatic N) is 2. The third-order valence-corrected chi connectivity index (χ3v) is 4.31. The lowest BCUT2D eigenvalue weighted by Crippen LogP contribution is -2.09. The van der Waals surface area contributed by atoms with Crippen LogP contribution >= 0.6 is 27.3 Å². The van der Waals surface area contributed by atoms with Gasteiger partial charge < -0.3 is 0 Å². The van der Waals surface area contributed by atoms with Gasteiger partial charge in [-0.05, 0) is 40.2 Å². The first-order chi connectivity index (χ1) is 10.2. The Labute approximate surface area is 133 Å². The summed E-state index contributed by atoms with van der Waals surface area (Å²) in [6.45, 7) is 0. The molecule has 104 valence electrons. The minimum absolute atomic E-state index is 0.199. The van der Waals surface area contributed by atoms with Crippen LogP contribution in [-0.2, 0) is 0 Å². The number of nitrogens with one attached hydrogen (secondary N) is 1. The smallest absolute Gasteiger partial charge is 0.248 e. The second kappa shape index (κ2) is 6.15. The molecule has 3 rings (SSSR count). The lowest BCUT2D eigenvalue weighted by molar-refractivity contribution is 0.106. The number of fused-ring (bicyclic) bond motifs is 1. The number of hydrazone groups is 1. The van der Waals surface area contributed by atoms with Crippen molar-refractivity contribution in [1.82, 2.24) is 4.98 Å². The molecule has 0 aliphatic carbocycles. The largest absolute Gasteiger partial charge is 0.283 e. The monoisotopic (exact) mass is 359 g/mol. The fourth-order valence-corrected chi connectivity index (χ4v) is 3.05. The number of benzene rings is 2. The molecule has 2 aromatic carbocycles. The number of rotatable bonds is 4. The van der Waals surface area contributed by atoms with Crippen molar-refractivity contribution in [3.05, 3.63) is 59.6 Å². The molecule has 0 atom stereocenters. The number of hydrogen-bond donors (Lipinski definition) is 1. The molecule has 4 nitrogen and oxygen atoms in total. The molecule has 0 fully saturated rings. The Balaban J connectivity index is 1.80. The van der Waals surface area contributed by atoms with Gasteiger partial charge in [0, 0.05) is 0 Å². The summed E-state index contributed by atoms with van der Waals surface area (Å²) in [5.41, 5.74) is 4.46. The van der Waals surface area contributed by atoms with E-state index >= 15 is 0 Å². The van der Waals surface area contributed by atoms with Gasteiger partial charge in [-0.3, -0.25) is 10.2 Å². The van der Waals surface area contributed by atoms with E-state index < -0.39 is 0 Å². The van der Waals surface area contributed by atoms with Crippen LogP contribution in [0.15, 0.2) is 59.7 Å². The summed E-state index contributed by atoms with van der Waals surface area (Å²) in [5.74, 6) is -0.236. The second-order valence-corrected chi connectivity index (χ2v) is 5.98. The zero-order valence-electron chi connectivity index (χ0n) is 10.8. The van der Waals surface area contributed by atoms with Crippen molar-refractivity contribution in [3.8, 4) is 0 Å². The predicted octanol–water partition coefficient (Wildman–Crippen LogP) is 4.30. The summed E-state index contributed by atoms with van der Waals surface area (Å²) in [4.78, 5) is 16.6. The number of para-hydroxylation sites is 2. The van der Waals surface area contributed by atoms with E-state index in [1.165, 1.54) is 11.3 Å². The normalized spacial score (nSPS) is 11.6. The van der Waals surface area contributed by atoms with Gasteiger partial charge in [0.15, 0.2) is 9.63 Å². The Morgan fingerprint density at radius 2 is 1.81 bits per heavy atom. The highest BCUT2D eigenvalue weighted by molar-refractivity contribution is 9.19. The van der Waals surface area contributed by atoms with Crippen LogP contribution in [0.3, 0.4) is 0 Å². The maximum Gasteiger partial charge on any atom is 0.248 e. The van der Waals surface area contributed by atoms with Crippen LogP contribution in [0.5, 0.6) is 0 Å². The van der Waals surface area contributed by atoms with Crippen LogP contribution in [0.4, 0.5) is 5.69 Å². The highest BCUT2D eigenvalue weighted by Crippen LogP contribution is 2.22. The second-order valence-electron chi connectivity index (χ2n) is 4.20. The van der Waals surface area contributed by atoms with Crippen molar-refractivity contribution in [2.24, 2.45) is 5.10 Å². The first kappa shape index (κ1) is 13.9. The molecule has 0 unspecified atom stereocenters. The molecule has 1 aromatic heterocycles. The number of carbonyl (C=O) groups excluding carboxylic acids is 1. The van der Waals surface area contributed by atoms with Crippen molar-refractivity contribution in [2.75, 3.05) is 5.43 Å². The maximum atomic E-state index is 12.3. The summed E-state index contributed by atoms with van der Waals surface area (Å²) < 4.78 is 1.18. The number of hydrogen-bond acceptors (Lipinski definition) is 5. The fraction of sp³-hybridized carbons (Fsp3) is 0. The summed E-state index contributed by atoms with van der Waals surface area (Å²) in [7, 11) is 0. The molecular formula is C15H10BrN3OS. The van der Waals surface area contributed by atoms with Crippen LogP contribution in [0.25, 0.3) is 10.2 Å². The van der Waals surface area contributed by atoms with Gasteiger partial charge in [0.05, 0.1) is 15.9 Å². The Morgan fingerprint density at radius 1 is 1.10 bits per heavy atom. The quantitative estimate of drug-likeness (QED) is 0.429. The Morgan fingerprint density at radius 3 is 2.57 bits per heavy atom. The van der Waals surface area contributed by atoms with Crippen LogP contribution in [0.1, 0.15) is 9.80 Å². The highest BCUT2D eigenvalue weighted by Gasteiger charge is 2.16. The predicted molar refractivity (Wildman–Crippen MR) is 90.4 cm³/mol. The molecular weight excluding hydrogens is 350 g/mol. The minimum Gasteiger partial charge on any atom is -0.283 e. The first-order valence-electron chi connectivity index (χ1n) is 6.18. The molecule has 0 spiro atoms. The molecule has 0 radical (unpaired) electrons. The van der Waals surface area contributed by atoms with Crippen LogP contribution in [0.2, 0.25) is 0 Å². The van der Waals surface area contributed by atoms with E-state index in [4.69, 9.17) is 0 Å². The van der Waals surface area contributed by atoms with Crippen molar-refractivity contribution in [3.63, 3.8) is 0 Å². The minimum atomic E-state index is -0.236. The summed E-state index contributed by atoms with van der Waals surface area (Å²) in [6.07, 6.45) is 0. The number of thiazole rings is 1. The molecule has 0 aliphatic heterocycles. The molecule has 0 bridgehead atoms. The Hall–Kier alpha value is -2.05. The summed E-state index contributed by atoms with van der Waals surface area (Å²) in [5, 5.41) is 4.46. The van der Waals surface area contributed by atoms with E-state index in [0.717, 1.165) is 15.9 Å². The van der Waals surface area contributed by atoms with Gasteiger partial charge in [-0.1, -0.05) is 30.3 Å². The molecule has 3 aromatic rings. The van der Waals surface area contributed by atoms with E-state index in [1.54, 1.807) is 0 Å². The van der Waals surface area contributed by atoms with Gasteiger partial charge in [0.1, 0.15) is 0 Å². The SMILES string of the molecule is O=C(/C(Br)=N/Nc1ccccc1)c1nc2ccccc2s1. The van der Waals surface area contributed by atoms with Gasteiger partial charge in [0.2, 0.25) is 5.78 Å². The van der Waals surface area contributed by atoms with E-state index in [2.05, 4.69) is 31.4 Å². The fourth-order valence-electron chi connectivity index (χ4n) is 1.73. The first-order valence-corrected chi connectivity index (χ1v) is 7.79. The summed E-state index contributed by atoms with van der Waals surface area (Å²) >= 11 is 4.56. The topological polar surface area (TPSA) is 54.4 Å². The zero-order chi connectivity index (χ0) is 14.7. The van der Waals surface area contributed by atoms with Crippen molar-refractivity contribution >= 4 is 53.6 Å². The van der Waals surface area contributed by atoms with E-state index in [1.807, 2.05) is 54.6 Å². The molecule has 21 heavy (non-hydrogen) atoms. The number of carbonyl (C=O) groups is 1. The molecule has 1 N–H and O–H groups in total. The molecule has 0 saturated carbocycles. The number of ketones is 1. The third-order valence-electron chi connectivity index (χ3n) is 2.73. The van der Waals surface area contributed by atoms with Crippen LogP contribution in [0, 0.1) is 0 Å². The Kier molecular flexibility index (Phi) is 4.08.